The van der Waals surface area contributed by atoms with E-state index in [4.69, 9.17) is 9.26 Å². The van der Waals surface area contributed by atoms with E-state index in [0.29, 0.717) is 0 Å². The van der Waals surface area contributed by atoms with E-state index < -0.39 is 8.32 Å². The van der Waals surface area contributed by atoms with Gasteiger partial charge in [0.1, 0.15) is 0 Å². The van der Waals surface area contributed by atoms with Crippen molar-refractivity contribution in [3.8, 4) is 0 Å². The third-order valence-electron chi connectivity index (χ3n) is 4.36. The van der Waals surface area contributed by atoms with Crippen LogP contribution in [0.3, 0.4) is 0 Å². The molecule has 1 aromatic rings. The maximum atomic E-state index is 6.18. The summed E-state index contributed by atoms with van der Waals surface area (Å²) in [5.41, 5.74) is 0. The van der Waals surface area contributed by atoms with Crippen molar-refractivity contribution in [3.05, 3.63) is 18.7 Å². The lowest BCUT2D eigenvalue weighted by Gasteiger charge is -2.36. The summed E-state index contributed by atoms with van der Waals surface area (Å²) in [5, 5.41) is 2.27. The Hall–Kier alpha value is -0.693. The van der Waals surface area contributed by atoms with Crippen molar-refractivity contribution < 1.29 is 9.26 Å². The molecule has 0 unspecified atom stereocenters. The minimum atomic E-state index is -1.64. The molecule has 1 aliphatic heterocycles. The van der Waals surface area contributed by atoms with E-state index in [-0.39, 0.29) is 11.3 Å². The van der Waals surface area contributed by atoms with Gasteiger partial charge in [-0.15, -0.1) is 0 Å². The quantitative estimate of drug-likeness (QED) is 0.783. The van der Waals surface area contributed by atoms with Crippen LogP contribution < -0.4 is 0 Å². The Balaban J connectivity index is 1.74. The van der Waals surface area contributed by atoms with Gasteiger partial charge < -0.3 is 8.99 Å². The van der Waals surface area contributed by atoms with Crippen LogP contribution in [0, 0.1) is 0 Å². The van der Waals surface area contributed by atoms with Crippen LogP contribution in [0.2, 0.25) is 18.1 Å². The van der Waals surface area contributed by atoms with Crippen molar-refractivity contribution in [2.75, 3.05) is 19.7 Å². The Morgan fingerprint density at radius 2 is 2.15 bits per heavy atom. The average Bonchev–Trinajstić information content (AvgIpc) is 2.96. The summed E-state index contributed by atoms with van der Waals surface area (Å²) >= 11 is 0. The molecule has 2 rings (SSSR count). The van der Waals surface area contributed by atoms with Crippen molar-refractivity contribution in [1.82, 2.24) is 14.6 Å². The summed E-state index contributed by atoms with van der Waals surface area (Å²) in [5.74, 6) is 0. The molecule has 1 aromatic heterocycles. The van der Waals surface area contributed by atoms with Gasteiger partial charge in [0, 0.05) is 38.5 Å². The normalized spacial score (nSPS) is 21.6. The number of rotatable bonds is 5. The van der Waals surface area contributed by atoms with E-state index in [1.165, 1.54) is 0 Å². The standard InChI is InChI=1S/C14H27N3O2Si/c1-14(2,3)20(4,5)18-11-10-17-8-6-13(19-17)16-9-7-15-12-16/h7,9,12-13H,6,8,10-11H2,1-5H3/t13-/m1/s1. The molecule has 1 saturated heterocycles. The molecule has 1 atom stereocenters. The Morgan fingerprint density at radius 1 is 1.40 bits per heavy atom. The maximum absolute atomic E-state index is 6.18. The lowest BCUT2D eigenvalue weighted by Crippen LogP contribution is -2.42. The minimum absolute atomic E-state index is 0.0883. The maximum Gasteiger partial charge on any atom is 0.192 e. The van der Waals surface area contributed by atoms with Crippen LogP contribution in [-0.4, -0.2) is 42.6 Å². The topological polar surface area (TPSA) is 39.5 Å². The van der Waals surface area contributed by atoms with E-state index in [1.807, 2.05) is 15.8 Å². The van der Waals surface area contributed by atoms with Crippen LogP contribution >= 0.6 is 0 Å². The molecule has 6 heteroatoms. The summed E-state index contributed by atoms with van der Waals surface area (Å²) in [6.07, 6.45) is 6.62. The van der Waals surface area contributed by atoms with Gasteiger partial charge >= 0.3 is 0 Å². The summed E-state index contributed by atoms with van der Waals surface area (Å²) in [4.78, 5) is 9.96. The molecule has 0 amide bonds. The van der Waals surface area contributed by atoms with Crippen molar-refractivity contribution in [1.29, 1.82) is 0 Å². The number of hydroxylamine groups is 2. The second kappa shape index (κ2) is 5.97. The second-order valence-electron chi connectivity index (χ2n) is 6.90. The highest BCUT2D eigenvalue weighted by molar-refractivity contribution is 6.74. The minimum Gasteiger partial charge on any atom is -0.415 e. The molecular formula is C14H27N3O2Si. The zero-order valence-electron chi connectivity index (χ0n) is 13.3. The molecule has 114 valence electrons. The molecule has 2 heterocycles. The molecule has 0 aromatic carbocycles. The van der Waals surface area contributed by atoms with E-state index >= 15 is 0 Å². The highest BCUT2D eigenvalue weighted by Gasteiger charge is 2.37. The molecule has 0 spiro atoms. The van der Waals surface area contributed by atoms with Crippen LogP contribution in [-0.2, 0) is 9.26 Å². The molecular weight excluding hydrogens is 270 g/mol. The third kappa shape index (κ3) is 3.69. The van der Waals surface area contributed by atoms with Crippen LogP contribution in [0.4, 0.5) is 0 Å². The fourth-order valence-corrected chi connectivity index (χ4v) is 2.99. The first kappa shape index (κ1) is 15.7. The lowest BCUT2D eigenvalue weighted by molar-refractivity contribution is -0.172. The Morgan fingerprint density at radius 3 is 2.75 bits per heavy atom. The molecule has 0 bridgehead atoms. The van der Waals surface area contributed by atoms with Crippen molar-refractivity contribution in [2.45, 2.75) is 51.6 Å². The van der Waals surface area contributed by atoms with Crippen LogP contribution in [0.15, 0.2) is 18.7 Å². The molecule has 20 heavy (non-hydrogen) atoms. The second-order valence-corrected chi connectivity index (χ2v) is 11.7. The van der Waals surface area contributed by atoms with Crippen LogP contribution in [0.25, 0.3) is 0 Å². The number of nitrogens with zero attached hydrogens (tertiary/aromatic N) is 3. The smallest absolute Gasteiger partial charge is 0.192 e. The SMILES string of the molecule is CC(C)(C)[Si](C)(C)OCCN1CC[C@H](n2ccnc2)O1. The zero-order valence-corrected chi connectivity index (χ0v) is 14.3. The highest BCUT2D eigenvalue weighted by Crippen LogP contribution is 2.36. The van der Waals surface area contributed by atoms with E-state index in [9.17, 15) is 0 Å². The summed E-state index contributed by atoms with van der Waals surface area (Å²) in [6, 6.07) is 0. The van der Waals surface area contributed by atoms with Crippen molar-refractivity contribution >= 4 is 8.32 Å². The van der Waals surface area contributed by atoms with Crippen LogP contribution in [0.5, 0.6) is 0 Å². The average molecular weight is 297 g/mol. The summed E-state index contributed by atoms with van der Waals surface area (Å²) in [6.45, 7) is 13.9. The molecule has 0 N–H and O–H groups in total. The first-order valence-electron chi connectivity index (χ1n) is 7.33. The highest BCUT2D eigenvalue weighted by atomic mass is 28.4. The van der Waals surface area contributed by atoms with Gasteiger partial charge in [0.2, 0.25) is 0 Å². The molecule has 0 saturated carbocycles. The van der Waals surface area contributed by atoms with Gasteiger partial charge in [-0.05, 0) is 18.1 Å². The predicted molar refractivity (Wildman–Crippen MR) is 81.7 cm³/mol. The molecule has 5 nitrogen and oxygen atoms in total. The van der Waals surface area contributed by atoms with Gasteiger partial charge in [-0.25, -0.2) is 4.98 Å². The predicted octanol–water partition coefficient (Wildman–Crippen LogP) is 3.04. The first-order valence-corrected chi connectivity index (χ1v) is 10.2. The monoisotopic (exact) mass is 297 g/mol. The third-order valence-corrected chi connectivity index (χ3v) is 8.90. The molecule has 0 radical (unpaired) electrons. The van der Waals surface area contributed by atoms with E-state index in [0.717, 1.165) is 26.1 Å². The Kier molecular flexibility index (Phi) is 4.68. The van der Waals surface area contributed by atoms with Gasteiger partial charge in [-0.1, -0.05) is 20.8 Å². The molecule has 0 aliphatic carbocycles. The van der Waals surface area contributed by atoms with Gasteiger partial charge in [0.25, 0.3) is 0 Å². The van der Waals surface area contributed by atoms with E-state index in [2.05, 4.69) is 38.8 Å². The largest absolute Gasteiger partial charge is 0.415 e. The fraction of sp³-hybridized carbons (Fsp3) is 0.786. The Labute approximate surface area is 123 Å². The molecule has 1 aliphatic rings. The number of aromatic nitrogens is 2. The Bertz CT molecular complexity index is 415. The zero-order chi connectivity index (χ0) is 14.8. The van der Waals surface area contributed by atoms with E-state index in [1.54, 1.807) is 12.5 Å². The van der Waals surface area contributed by atoms with Gasteiger partial charge in [0.05, 0.1) is 6.33 Å². The van der Waals surface area contributed by atoms with Gasteiger partial charge in [0.15, 0.2) is 14.5 Å². The number of hydrogen-bond donors (Lipinski definition) is 0. The number of imidazole rings is 1. The van der Waals surface area contributed by atoms with Crippen LogP contribution in [0.1, 0.15) is 33.4 Å². The summed E-state index contributed by atoms with van der Waals surface area (Å²) in [7, 11) is -1.64. The van der Waals surface area contributed by atoms with Crippen molar-refractivity contribution in [2.24, 2.45) is 0 Å². The lowest BCUT2D eigenvalue weighted by atomic mass is 10.2. The fourth-order valence-electron chi connectivity index (χ4n) is 1.96. The van der Waals surface area contributed by atoms with Gasteiger partial charge in [-0.3, -0.25) is 4.84 Å². The number of hydrogen-bond acceptors (Lipinski definition) is 4. The molecule has 1 fully saturated rings. The first-order chi connectivity index (χ1) is 9.29. The van der Waals surface area contributed by atoms with Crippen molar-refractivity contribution in [3.63, 3.8) is 0 Å². The van der Waals surface area contributed by atoms with Gasteiger partial charge in [-0.2, -0.15) is 5.06 Å². The summed E-state index contributed by atoms with van der Waals surface area (Å²) < 4.78 is 8.19.